The van der Waals surface area contributed by atoms with Crippen LogP contribution in [0.4, 0.5) is 10.1 Å². The minimum absolute atomic E-state index is 0.334. The van der Waals surface area contributed by atoms with Crippen LogP contribution in [0.25, 0.3) is 0 Å². The molecule has 0 aromatic heterocycles. The number of methoxy groups -OCH3 is 1. The highest BCUT2D eigenvalue weighted by Gasteiger charge is 2.08. The van der Waals surface area contributed by atoms with E-state index in [0.717, 1.165) is 11.3 Å². The van der Waals surface area contributed by atoms with E-state index in [1.807, 2.05) is 13.0 Å². The third-order valence-corrected chi connectivity index (χ3v) is 3.61. The summed E-state index contributed by atoms with van der Waals surface area (Å²) in [6.07, 6.45) is 0. The first-order chi connectivity index (χ1) is 9.51. The molecule has 0 fully saturated rings. The van der Waals surface area contributed by atoms with Crippen LogP contribution in [0.3, 0.4) is 0 Å². The molecule has 20 heavy (non-hydrogen) atoms. The number of halogens is 3. The predicted molar refractivity (Wildman–Crippen MR) is 81.5 cm³/mol. The Kier molecular flexibility index (Phi) is 4.73. The number of benzene rings is 2. The van der Waals surface area contributed by atoms with Gasteiger partial charge >= 0.3 is 0 Å². The van der Waals surface area contributed by atoms with Gasteiger partial charge in [-0.1, -0.05) is 29.3 Å². The van der Waals surface area contributed by atoms with Crippen LogP contribution in [0.5, 0.6) is 5.75 Å². The van der Waals surface area contributed by atoms with Crippen molar-refractivity contribution in [3.05, 3.63) is 57.3 Å². The molecule has 0 saturated carbocycles. The van der Waals surface area contributed by atoms with Crippen molar-refractivity contribution < 1.29 is 9.13 Å². The molecule has 2 rings (SSSR count). The number of anilines is 1. The highest BCUT2D eigenvalue weighted by atomic mass is 35.5. The van der Waals surface area contributed by atoms with Gasteiger partial charge in [-0.2, -0.15) is 0 Å². The van der Waals surface area contributed by atoms with Crippen molar-refractivity contribution in [2.45, 2.75) is 13.5 Å². The smallest absolute Gasteiger partial charge is 0.143 e. The second-order valence-electron chi connectivity index (χ2n) is 4.39. The van der Waals surface area contributed by atoms with Crippen molar-refractivity contribution in [1.29, 1.82) is 0 Å². The topological polar surface area (TPSA) is 21.3 Å². The fraction of sp³-hybridized carbons (Fsp3) is 0.200. The highest BCUT2D eigenvalue weighted by molar-refractivity contribution is 6.31. The molecule has 0 spiro atoms. The Labute approximate surface area is 127 Å². The molecule has 0 radical (unpaired) electrons. The number of hydrogen-bond acceptors (Lipinski definition) is 2. The molecule has 0 heterocycles. The molecule has 0 aliphatic heterocycles. The van der Waals surface area contributed by atoms with Crippen LogP contribution in [0.1, 0.15) is 11.1 Å². The van der Waals surface area contributed by atoms with Gasteiger partial charge in [0.15, 0.2) is 0 Å². The van der Waals surface area contributed by atoms with E-state index < -0.39 is 0 Å². The zero-order chi connectivity index (χ0) is 14.7. The quantitative estimate of drug-likeness (QED) is 0.851. The lowest BCUT2D eigenvalue weighted by molar-refractivity contribution is 0.416. The van der Waals surface area contributed by atoms with Crippen LogP contribution < -0.4 is 10.1 Å². The van der Waals surface area contributed by atoms with Gasteiger partial charge in [0.1, 0.15) is 11.6 Å². The summed E-state index contributed by atoms with van der Waals surface area (Å²) in [4.78, 5) is 0. The van der Waals surface area contributed by atoms with E-state index in [1.54, 1.807) is 25.3 Å². The van der Waals surface area contributed by atoms with Crippen molar-refractivity contribution in [2.24, 2.45) is 0 Å². The Morgan fingerprint density at radius 3 is 2.60 bits per heavy atom. The Morgan fingerprint density at radius 1 is 1.20 bits per heavy atom. The van der Waals surface area contributed by atoms with E-state index in [-0.39, 0.29) is 5.82 Å². The minimum atomic E-state index is -0.338. The first-order valence-corrected chi connectivity index (χ1v) is 6.79. The van der Waals surface area contributed by atoms with Crippen molar-refractivity contribution in [1.82, 2.24) is 0 Å². The molecule has 0 saturated heterocycles. The monoisotopic (exact) mass is 313 g/mol. The molecular weight excluding hydrogens is 300 g/mol. The lowest BCUT2D eigenvalue weighted by Crippen LogP contribution is -2.03. The Hall–Kier alpha value is -1.45. The number of rotatable bonds is 4. The largest absolute Gasteiger partial charge is 0.495 e. The molecule has 0 aliphatic carbocycles. The van der Waals surface area contributed by atoms with Crippen molar-refractivity contribution >= 4 is 28.9 Å². The van der Waals surface area contributed by atoms with Gasteiger partial charge in [-0.3, -0.25) is 0 Å². The average molecular weight is 314 g/mol. The van der Waals surface area contributed by atoms with Gasteiger partial charge < -0.3 is 10.1 Å². The van der Waals surface area contributed by atoms with Gasteiger partial charge in [0.2, 0.25) is 0 Å². The van der Waals surface area contributed by atoms with Crippen LogP contribution in [0.15, 0.2) is 30.3 Å². The highest BCUT2D eigenvalue weighted by Crippen LogP contribution is 2.31. The Morgan fingerprint density at radius 2 is 1.95 bits per heavy atom. The Balaban J connectivity index is 2.20. The molecule has 0 unspecified atom stereocenters. The molecule has 0 amide bonds. The van der Waals surface area contributed by atoms with Crippen LogP contribution in [-0.2, 0) is 6.54 Å². The zero-order valence-electron chi connectivity index (χ0n) is 11.1. The van der Waals surface area contributed by atoms with E-state index in [1.165, 1.54) is 6.07 Å². The summed E-state index contributed by atoms with van der Waals surface area (Å²) in [5.74, 6) is 0.282. The molecular formula is C15H14Cl2FNO. The molecule has 2 aromatic rings. The SMILES string of the molecule is COc1cc(Cl)c(C)cc1NCc1ccc(Cl)cc1F. The summed E-state index contributed by atoms with van der Waals surface area (Å²) in [7, 11) is 1.56. The third kappa shape index (κ3) is 3.35. The lowest BCUT2D eigenvalue weighted by atomic mass is 10.1. The second kappa shape index (κ2) is 6.33. The van der Waals surface area contributed by atoms with Crippen LogP contribution in [-0.4, -0.2) is 7.11 Å². The molecule has 0 atom stereocenters. The molecule has 1 N–H and O–H groups in total. The first kappa shape index (κ1) is 14.9. The average Bonchev–Trinajstić information content (AvgIpc) is 2.41. The maximum atomic E-state index is 13.7. The van der Waals surface area contributed by atoms with Gasteiger partial charge in [0, 0.05) is 28.2 Å². The van der Waals surface area contributed by atoms with Gasteiger partial charge in [-0.05, 0) is 30.7 Å². The molecule has 2 nitrogen and oxygen atoms in total. The number of hydrogen-bond donors (Lipinski definition) is 1. The Bertz CT molecular complexity index is 632. The van der Waals surface area contributed by atoms with E-state index >= 15 is 0 Å². The molecule has 0 bridgehead atoms. The second-order valence-corrected chi connectivity index (χ2v) is 5.23. The summed E-state index contributed by atoms with van der Waals surface area (Å²) in [6, 6.07) is 8.21. The van der Waals surface area contributed by atoms with E-state index in [2.05, 4.69) is 5.32 Å². The fourth-order valence-electron chi connectivity index (χ4n) is 1.83. The predicted octanol–water partition coefficient (Wildman–Crippen LogP) is 5.06. The normalized spacial score (nSPS) is 10.4. The van der Waals surface area contributed by atoms with E-state index in [9.17, 15) is 4.39 Å². The van der Waals surface area contributed by atoms with Crippen molar-refractivity contribution in [3.63, 3.8) is 0 Å². The fourth-order valence-corrected chi connectivity index (χ4v) is 2.14. The van der Waals surface area contributed by atoms with Gasteiger partial charge in [0.25, 0.3) is 0 Å². The minimum Gasteiger partial charge on any atom is -0.495 e. The lowest BCUT2D eigenvalue weighted by Gasteiger charge is -2.13. The van der Waals surface area contributed by atoms with Gasteiger partial charge in [-0.15, -0.1) is 0 Å². The maximum Gasteiger partial charge on any atom is 0.143 e. The zero-order valence-corrected chi connectivity index (χ0v) is 12.6. The van der Waals surface area contributed by atoms with E-state index in [0.29, 0.717) is 27.9 Å². The van der Waals surface area contributed by atoms with Gasteiger partial charge in [0.05, 0.1) is 12.8 Å². The van der Waals surface area contributed by atoms with Crippen LogP contribution in [0.2, 0.25) is 10.0 Å². The van der Waals surface area contributed by atoms with Crippen LogP contribution in [0, 0.1) is 12.7 Å². The third-order valence-electron chi connectivity index (χ3n) is 2.97. The number of nitrogens with one attached hydrogen (secondary N) is 1. The summed E-state index contributed by atoms with van der Waals surface area (Å²) < 4.78 is 19.0. The van der Waals surface area contributed by atoms with Crippen molar-refractivity contribution in [3.8, 4) is 5.75 Å². The van der Waals surface area contributed by atoms with Crippen LogP contribution >= 0.6 is 23.2 Å². The molecule has 2 aromatic carbocycles. The summed E-state index contributed by atoms with van der Waals surface area (Å²) in [6.45, 7) is 2.23. The number of ether oxygens (including phenoxy) is 1. The van der Waals surface area contributed by atoms with Crippen molar-refractivity contribution in [2.75, 3.05) is 12.4 Å². The molecule has 5 heteroatoms. The molecule has 106 valence electrons. The summed E-state index contributed by atoms with van der Waals surface area (Å²) >= 11 is 11.8. The van der Waals surface area contributed by atoms with E-state index in [4.69, 9.17) is 27.9 Å². The molecule has 0 aliphatic rings. The van der Waals surface area contributed by atoms with Gasteiger partial charge in [-0.25, -0.2) is 4.39 Å². The summed E-state index contributed by atoms with van der Waals surface area (Å²) in [5.41, 5.74) is 2.22. The maximum absolute atomic E-state index is 13.7. The first-order valence-electron chi connectivity index (χ1n) is 6.03. The summed E-state index contributed by atoms with van der Waals surface area (Å²) in [5, 5.41) is 4.15. The standard InChI is InChI=1S/C15H14Cl2FNO/c1-9-5-14(15(20-2)7-12(9)17)19-8-10-3-4-11(16)6-13(10)18/h3-7,19H,8H2,1-2H3. The number of aryl methyl sites for hydroxylation is 1.